The number of ketones is 1. The molecule has 1 aromatic rings. The number of benzene rings is 1. The Labute approximate surface area is 108 Å². The van der Waals surface area contributed by atoms with Crippen LogP contribution in [-0.4, -0.2) is 29.9 Å². The summed E-state index contributed by atoms with van der Waals surface area (Å²) in [7, 11) is 1.13. The average Bonchev–Trinajstić information content (AvgIpc) is 2.28. The van der Waals surface area contributed by atoms with Crippen LogP contribution in [0.5, 0.6) is 0 Å². The van der Waals surface area contributed by atoms with E-state index in [0.29, 0.717) is 0 Å². The number of rotatable bonds is 4. The summed E-state index contributed by atoms with van der Waals surface area (Å²) in [5.74, 6) is -3.90. The van der Waals surface area contributed by atoms with E-state index in [1.54, 1.807) is 0 Å². The summed E-state index contributed by atoms with van der Waals surface area (Å²) in [4.78, 5) is 34.2. The Morgan fingerprint density at radius 2 is 1.94 bits per heavy atom. The van der Waals surface area contributed by atoms with E-state index in [1.165, 1.54) is 25.1 Å². The second-order valence-corrected chi connectivity index (χ2v) is 3.98. The topological polar surface area (TPSA) is 80.7 Å². The van der Waals surface area contributed by atoms with E-state index < -0.39 is 23.6 Å². The second-order valence-electron chi connectivity index (χ2n) is 3.58. The minimum absolute atomic E-state index is 0.0323. The predicted octanol–water partition coefficient (Wildman–Crippen LogP) is 1.88. The van der Waals surface area contributed by atoms with Crippen molar-refractivity contribution in [3.8, 4) is 0 Å². The highest BCUT2D eigenvalue weighted by molar-refractivity contribution is 6.34. The highest BCUT2D eigenvalue weighted by Gasteiger charge is 2.31. The summed E-state index contributed by atoms with van der Waals surface area (Å²) in [6, 6.07) is 4.23. The Bertz CT molecular complexity index is 509. The molecule has 1 atom stereocenters. The normalized spacial score (nSPS) is 11.7. The molecule has 6 heteroatoms. The number of carbonyl (C=O) groups excluding carboxylic acids is 2. The highest BCUT2D eigenvalue weighted by Crippen LogP contribution is 2.28. The molecule has 0 saturated heterocycles. The van der Waals surface area contributed by atoms with Crippen LogP contribution in [0.4, 0.5) is 0 Å². The number of halogens is 1. The molecule has 0 heterocycles. The Balaban J connectivity index is 3.46. The number of Topliss-reactive ketones (excluding diaryl/α,β-unsaturated/α-hetero) is 1. The van der Waals surface area contributed by atoms with Gasteiger partial charge in [0.15, 0.2) is 0 Å². The fourth-order valence-electron chi connectivity index (χ4n) is 1.64. The first-order chi connectivity index (χ1) is 8.40. The van der Waals surface area contributed by atoms with E-state index in [1.807, 2.05) is 0 Å². The molecule has 0 aliphatic rings. The molecule has 0 amide bonds. The lowest BCUT2D eigenvalue weighted by atomic mass is 9.91. The molecule has 0 bridgehead atoms. The average molecular weight is 271 g/mol. The van der Waals surface area contributed by atoms with Crippen molar-refractivity contribution in [2.45, 2.75) is 12.8 Å². The lowest BCUT2D eigenvalue weighted by Gasteiger charge is -2.15. The first-order valence-electron chi connectivity index (χ1n) is 5.00. The van der Waals surface area contributed by atoms with Gasteiger partial charge in [-0.1, -0.05) is 23.7 Å². The van der Waals surface area contributed by atoms with Gasteiger partial charge in [-0.25, -0.2) is 4.79 Å². The zero-order valence-corrected chi connectivity index (χ0v) is 10.5. The fraction of sp³-hybridized carbons (Fsp3) is 0.250. The molecule has 0 radical (unpaired) electrons. The van der Waals surface area contributed by atoms with Gasteiger partial charge in [0.25, 0.3) is 0 Å². The van der Waals surface area contributed by atoms with Gasteiger partial charge in [-0.05, 0) is 18.6 Å². The molecule has 0 aromatic heterocycles. The predicted molar refractivity (Wildman–Crippen MR) is 63.8 cm³/mol. The van der Waals surface area contributed by atoms with Crippen LogP contribution >= 0.6 is 11.6 Å². The van der Waals surface area contributed by atoms with E-state index >= 15 is 0 Å². The number of carbonyl (C=O) groups is 3. The Hall–Kier alpha value is -1.88. The van der Waals surface area contributed by atoms with Crippen molar-refractivity contribution < 1.29 is 24.2 Å². The summed E-state index contributed by atoms with van der Waals surface area (Å²) >= 11 is 5.78. The van der Waals surface area contributed by atoms with Gasteiger partial charge in [0, 0.05) is 0 Å². The van der Waals surface area contributed by atoms with Crippen molar-refractivity contribution in [3.63, 3.8) is 0 Å². The van der Waals surface area contributed by atoms with Crippen molar-refractivity contribution in [2.75, 3.05) is 7.11 Å². The molecule has 0 fully saturated rings. The first-order valence-corrected chi connectivity index (χ1v) is 5.38. The third kappa shape index (κ3) is 2.68. The monoisotopic (exact) mass is 270 g/mol. The molecule has 1 rings (SSSR count). The summed E-state index contributed by atoms with van der Waals surface area (Å²) in [6.45, 7) is 1.19. The van der Waals surface area contributed by atoms with Crippen molar-refractivity contribution in [2.24, 2.45) is 0 Å². The molecule has 0 saturated carbocycles. The van der Waals surface area contributed by atoms with Crippen molar-refractivity contribution in [1.29, 1.82) is 0 Å². The smallest absolute Gasteiger partial charge is 0.337 e. The maximum absolute atomic E-state index is 11.6. The number of methoxy groups -OCH3 is 1. The standard InChI is InChI=1S/C12H11ClO5/c1-6(14)9(12(17)18-2)7-4-3-5-8(13)10(7)11(15)16/h3-5,9H,1-2H3,(H,15,16). The van der Waals surface area contributed by atoms with Gasteiger partial charge in [0.1, 0.15) is 11.7 Å². The van der Waals surface area contributed by atoms with Gasteiger partial charge >= 0.3 is 11.9 Å². The zero-order chi connectivity index (χ0) is 13.9. The third-order valence-electron chi connectivity index (χ3n) is 2.41. The van der Waals surface area contributed by atoms with Gasteiger partial charge < -0.3 is 9.84 Å². The van der Waals surface area contributed by atoms with Crippen LogP contribution in [0.3, 0.4) is 0 Å². The minimum Gasteiger partial charge on any atom is -0.478 e. The fourth-order valence-corrected chi connectivity index (χ4v) is 1.90. The van der Waals surface area contributed by atoms with Gasteiger partial charge in [-0.2, -0.15) is 0 Å². The molecular weight excluding hydrogens is 260 g/mol. The van der Waals surface area contributed by atoms with Crippen LogP contribution in [0.2, 0.25) is 5.02 Å². The van der Waals surface area contributed by atoms with Crippen LogP contribution < -0.4 is 0 Å². The first kappa shape index (κ1) is 14.2. The van der Waals surface area contributed by atoms with E-state index in [-0.39, 0.29) is 16.1 Å². The van der Waals surface area contributed by atoms with Gasteiger partial charge in [0.05, 0.1) is 17.7 Å². The van der Waals surface area contributed by atoms with Crippen LogP contribution in [0.25, 0.3) is 0 Å². The van der Waals surface area contributed by atoms with Crippen LogP contribution in [0.1, 0.15) is 28.8 Å². The summed E-state index contributed by atoms with van der Waals surface area (Å²) in [5, 5.41) is 9.05. The largest absolute Gasteiger partial charge is 0.478 e. The molecule has 96 valence electrons. The molecule has 1 unspecified atom stereocenters. The number of esters is 1. The number of carboxylic acid groups (broad SMARTS) is 1. The molecule has 1 N–H and O–H groups in total. The minimum atomic E-state index is -1.30. The Kier molecular flexibility index (Phi) is 4.44. The zero-order valence-electron chi connectivity index (χ0n) is 9.77. The van der Waals surface area contributed by atoms with E-state index in [9.17, 15) is 14.4 Å². The number of hydrogen-bond acceptors (Lipinski definition) is 4. The van der Waals surface area contributed by atoms with E-state index in [0.717, 1.165) is 7.11 Å². The number of aromatic carboxylic acids is 1. The van der Waals surface area contributed by atoms with Crippen molar-refractivity contribution in [1.82, 2.24) is 0 Å². The second kappa shape index (κ2) is 5.64. The molecule has 5 nitrogen and oxygen atoms in total. The Morgan fingerprint density at radius 1 is 1.33 bits per heavy atom. The van der Waals surface area contributed by atoms with Crippen LogP contribution in [0.15, 0.2) is 18.2 Å². The highest BCUT2D eigenvalue weighted by atomic mass is 35.5. The SMILES string of the molecule is COC(=O)C(C(C)=O)c1cccc(Cl)c1C(=O)O. The lowest BCUT2D eigenvalue weighted by Crippen LogP contribution is -2.23. The lowest BCUT2D eigenvalue weighted by molar-refractivity contribution is -0.145. The molecular formula is C12H11ClO5. The quantitative estimate of drug-likeness (QED) is 0.667. The van der Waals surface area contributed by atoms with E-state index in [4.69, 9.17) is 16.7 Å². The third-order valence-corrected chi connectivity index (χ3v) is 2.73. The molecule has 1 aromatic carbocycles. The number of ether oxygens (including phenoxy) is 1. The molecule has 0 aliphatic heterocycles. The molecule has 18 heavy (non-hydrogen) atoms. The van der Waals surface area contributed by atoms with Gasteiger partial charge in [-0.3, -0.25) is 9.59 Å². The number of carboxylic acids is 1. The number of hydrogen-bond donors (Lipinski definition) is 1. The maximum Gasteiger partial charge on any atom is 0.337 e. The molecule has 0 aliphatic carbocycles. The van der Waals surface area contributed by atoms with Gasteiger partial charge in [0.2, 0.25) is 0 Å². The van der Waals surface area contributed by atoms with Crippen LogP contribution in [-0.2, 0) is 14.3 Å². The summed E-state index contributed by atoms with van der Waals surface area (Å²) < 4.78 is 4.51. The van der Waals surface area contributed by atoms with Gasteiger partial charge in [-0.15, -0.1) is 0 Å². The maximum atomic E-state index is 11.6. The van der Waals surface area contributed by atoms with Crippen LogP contribution in [0, 0.1) is 0 Å². The molecule has 0 spiro atoms. The summed E-state index contributed by atoms with van der Waals surface area (Å²) in [5.41, 5.74) is -0.223. The Morgan fingerprint density at radius 3 is 2.39 bits per heavy atom. The van der Waals surface area contributed by atoms with Crippen molar-refractivity contribution >= 4 is 29.3 Å². The summed E-state index contributed by atoms with van der Waals surface area (Å²) in [6.07, 6.45) is 0. The van der Waals surface area contributed by atoms with Crippen molar-refractivity contribution in [3.05, 3.63) is 34.3 Å². The van der Waals surface area contributed by atoms with E-state index in [2.05, 4.69) is 4.74 Å².